The first-order valence-electron chi connectivity index (χ1n) is 7.53. The number of benzene rings is 2. The van der Waals surface area contributed by atoms with E-state index in [-0.39, 0.29) is 6.10 Å². The minimum atomic E-state index is -0.106. The Morgan fingerprint density at radius 1 is 1.00 bits per heavy atom. The number of hydrogen-bond donors (Lipinski definition) is 1. The van der Waals surface area contributed by atoms with Gasteiger partial charge in [0.1, 0.15) is 11.6 Å². The van der Waals surface area contributed by atoms with E-state index in [1.54, 1.807) is 0 Å². The molecule has 1 N–H and O–H groups in total. The fraction of sp³-hybridized carbons (Fsp3) is 0.211. The number of para-hydroxylation sites is 1. The molecule has 0 saturated heterocycles. The first-order valence-corrected chi connectivity index (χ1v) is 7.53. The predicted octanol–water partition coefficient (Wildman–Crippen LogP) is 4.45. The molecule has 0 fully saturated rings. The molecule has 0 aliphatic carbocycles. The Bertz CT molecular complexity index is 720. The van der Waals surface area contributed by atoms with Crippen LogP contribution in [0.15, 0.2) is 60.7 Å². The quantitative estimate of drug-likeness (QED) is 0.754. The lowest BCUT2D eigenvalue weighted by atomic mass is 10.1. The molecule has 0 spiro atoms. The highest BCUT2D eigenvalue weighted by Crippen LogP contribution is 2.21. The monoisotopic (exact) mass is 292 g/mol. The number of aromatic amines is 1. The van der Waals surface area contributed by atoms with Crippen molar-refractivity contribution in [3.05, 3.63) is 83.4 Å². The molecular formula is C19H20N2O. The zero-order valence-corrected chi connectivity index (χ0v) is 12.9. The lowest BCUT2D eigenvalue weighted by Crippen LogP contribution is -2.05. The highest BCUT2D eigenvalue weighted by molar-refractivity contribution is 5.26. The van der Waals surface area contributed by atoms with Crippen LogP contribution in [0.2, 0.25) is 0 Å². The lowest BCUT2D eigenvalue weighted by Gasteiger charge is -2.12. The molecular weight excluding hydrogens is 272 g/mol. The summed E-state index contributed by atoms with van der Waals surface area (Å²) in [5, 5.41) is 0. The Morgan fingerprint density at radius 2 is 1.64 bits per heavy atom. The average Bonchev–Trinajstić information content (AvgIpc) is 2.90. The molecule has 22 heavy (non-hydrogen) atoms. The minimum absolute atomic E-state index is 0.106. The largest absolute Gasteiger partial charge is 0.483 e. The number of aromatic nitrogens is 2. The van der Waals surface area contributed by atoms with Crippen LogP contribution in [0.25, 0.3) is 0 Å². The van der Waals surface area contributed by atoms with E-state index in [2.05, 4.69) is 36.2 Å². The number of hydrogen-bond acceptors (Lipinski definition) is 2. The van der Waals surface area contributed by atoms with E-state index in [4.69, 9.17) is 9.72 Å². The van der Waals surface area contributed by atoms with E-state index in [1.165, 1.54) is 5.56 Å². The number of H-pyrrole nitrogens is 1. The van der Waals surface area contributed by atoms with Gasteiger partial charge in [0.05, 0.1) is 5.69 Å². The zero-order chi connectivity index (χ0) is 15.4. The van der Waals surface area contributed by atoms with E-state index in [0.717, 1.165) is 29.4 Å². The summed E-state index contributed by atoms with van der Waals surface area (Å²) in [6, 6.07) is 20.2. The summed E-state index contributed by atoms with van der Waals surface area (Å²) >= 11 is 0. The SMILES string of the molecule is Cc1[nH]c(C(C)Oc2ccccc2)nc1Cc1ccccc1. The fourth-order valence-corrected chi connectivity index (χ4v) is 2.43. The molecule has 0 aliphatic heterocycles. The van der Waals surface area contributed by atoms with Crippen LogP contribution in [0.1, 0.15) is 35.8 Å². The number of aryl methyl sites for hydroxylation is 1. The normalized spacial score (nSPS) is 12.1. The summed E-state index contributed by atoms with van der Waals surface area (Å²) in [4.78, 5) is 8.07. The van der Waals surface area contributed by atoms with Crippen LogP contribution in [0.4, 0.5) is 0 Å². The van der Waals surface area contributed by atoms with E-state index in [9.17, 15) is 0 Å². The van der Waals surface area contributed by atoms with Crippen LogP contribution in [0.3, 0.4) is 0 Å². The van der Waals surface area contributed by atoms with E-state index >= 15 is 0 Å². The molecule has 0 bridgehead atoms. The summed E-state index contributed by atoms with van der Waals surface area (Å²) in [7, 11) is 0. The van der Waals surface area contributed by atoms with E-state index in [0.29, 0.717) is 0 Å². The molecule has 2 aromatic carbocycles. The van der Waals surface area contributed by atoms with Gasteiger partial charge in [-0.05, 0) is 31.5 Å². The highest BCUT2D eigenvalue weighted by atomic mass is 16.5. The maximum Gasteiger partial charge on any atom is 0.153 e. The van der Waals surface area contributed by atoms with Crippen molar-refractivity contribution in [1.82, 2.24) is 9.97 Å². The minimum Gasteiger partial charge on any atom is -0.483 e. The molecule has 1 heterocycles. The van der Waals surface area contributed by atoms with Crippen molar-refractivity contribution in [3.8, 4) is 5.75 Å². The van der Waals surface area contributed by atoms with Crippen molar-refractivity contribution in [3.63, 3.8) is 0 Å². The Labute approximate surface area is 131 Å². The molecule has 3 nitrogen and oxygen atoms in total. The maximum absolute atomic E-state index is 5.93. The number of imidazole rings is 1. The summed E-state index contributed by atoms with van der Waals surface area (Å²) in [5.41, 5.74) is 3.44. The van der Waals surface area contributed by atoms with Gasteiger partial charge in [-0.2, -0.15) is 0 Å². The third-order valence-electron chi connectivity index (χ3n) is 3.66. The summed E-state index contributed by atoms with van der Waals surface area (Å²) in [5.74, 6) is 1.72. The summed E-state index contributed by atoms with van der Waals surface area (Å²) in [6.07, 6.45) is 0.729. The third-order valence-corrected chi connectivity index (χ3v) is 3.66. The second-order valence-electron chi connectivity index (χ2n) is 5.43. The number of ether oxygens (including phenoxy) is 1. The van der Waals surface area contributed by atoms with Crippen LogP contribution in [-0.4, -0.2) is 9.97 Å². The van der Waals surface area contributed by atoms with Crippen LogP contribution >= 0.6 is 0 Å². The van der Waals surface area contributed by atoms with Gasteiger partial charge >= 0.3 is 0 Å². The van der Waals surface area contributed by atoms with Crippen molar-refractivity contribution < 1.29 is 4.74 Å². The van der Waals surface area contributed by atoms with Crippen LogP contribution < -0.4 is 4.74 Å². The average molecular weight is 292 g/mol. The van der Waals surface area contributed by atoms with Gasteiger partial charge in [-0.3, -0.25) is 0 Å². The molecule has 0 aliphatic rings. The van der Waals surface area contributed by atoms with Crippen LogP contribution in [0, 0.1) is 6.92 Å². The highest BCUT2D eigenvalue weighted by Gasteiger charge is 2.14. The third kappa shape index (κ3) is 3.37. The van der Waals surface area contributed by atoms with Crippen LogP contribution in [0.5, 0.6) is 5.75 Å². The molecule has 0 amide bonds. The van der Waals surface area contributed by atoms with E-state index < -0.39 is 0 Å². The molecule has 0 radical (unpaired) electrons. The summed E-state index contributed by atoms with van der Waals surface area (Å²) in [6.45, 7) is 4.07. The van der Waals surface area contributed by atoms with Gasteiger partial charge in [-0.25, -0.2) is 4.98 Å². The Balaban J connectivity index is 1.74. The predicted molar refractivity (Wildman–Crippen MR) is 88.1 cm³/mol. The van der Waals surface area contributed by atoms with Gasteiger partial charge in [0.25, 0.3) is 0 Å². The standard InChI is InChI=1S/C19H20N2O/c1-14-18(13-16-9-5-3-6-10-16)21-19(20-14)15(2)22-17-11-7-4-8-12-17/h3-12,15H,13H2,1-2H3,(H,20,21). The van der Waals surface area contributed by atoms with Crippen LogP contribution in [-0.2, 0) is 6.42 Å². The molecule has 1 aromatic heterocycles. The smallest absolute Gasteiger partial charge is 0.153 e. The van der Waals surface area contributed by atoms with Crippen molar-refractivity contribution in [2.75, 3.05) is 0 Å². The molecule has 1 atom stereocenters. The Hall–Kier alpha value is -2.55. The first-order chi connectivity index (χ1) is 10.7. The molecule has 3 heteroatoms. The molecule has 0 saturated carbocycles. The lowest BCUT2D eigenvalue weighted by molar-refractivity contribution is 0.217. The van der Waals surface area contributed by atoms with E-state index in [1.807, 2.05) is 43.3 Å². The van der Waals surface area contributed by atoms with Crippen molar-refractivity contribution in [2.45, 2.75) is 26.4 Å². The second kappa shape index (κ2) is 6.48. The Morgan fingerprint density at radius 3 is 2.32 bits per heavy atom. The zero-order valence-electron chi connectivity index (χ0n) is 12.9. The van der Waals surface area contributed by atoms with Crippen molar-refractivity contribution >= 4 is 0 Å². The number of rotatable bonds is 5. The van der Waals surface area contributed by atoms with Gasteiger partial charge in [0.2, 0.25) is 0 Å². The number of nitrogens with zero attached hydrogens (tertiary/aromatic N) is 1. The Kier molecular flexibility index (Phi) is 4.24. The van der Waals surface area contributed by atoms with Crippen molar-refractivity contribution in [2.24, 2.45) is 0 Å². The van der Waals surface area contributed by atoms with Crippen molar-refractivity contribution in [1.29, 1.82) is 0 Å². The molecule has 3 rings (SSSR count). The molecule has 1 unspecified atom stereocenters. The van der Waals surface area contributed by atoms with Gasteiger partial charge in [0, 0.05) is 12.1 Å². The second-order valence-corrected chi connectivity index (χ2v) is 5.43. The van der Waals surface area contributed by atoms with Gasteiger partial charge < -0.3 is 9.72 Å². The molecule has 3 aromatic rings. The van der Waals surface area contributed by atoms with Gasteiger partial charge in [-0.1, -0.05) is 48.5 Å². The fourth-order valence-electron chi connectivity index (χ4n) is 2.43. The van der Waals surface area contributed by atoms with Gasteiger partial charge in [0.15, 0.2) is 6.10 Å². The summed E-state index contributed by atoms with van der Waals surface area (Å²) < 4.78 is 5.93. The topological polar surface area (TPSA) is 37.9 Å². The maximum atomic E-state index is 5.93. The molecule has 112 valence electrons. The first kappa shape index (κ1) is 14.4. The number of nitrogens with one attached hydrogen (secondary N) is 1. The van der Waals surface area contributed by atoms with Gasteiger partial charge in [-0.15, -0.1) is 0 Å².